The van der Waals surface area contributed by atoms with Gasteiger partial charge in [0.2, 0.25) is 11.8 Å². The van der Waals surface area contributed by atoms with Crippen LogP contribution in [0.3, 0.4) is 0 Å². The van der Waals surface area contributed by atoms with Crippen LogP contribution in [-0.2, 0) is 29.0 Å². The van der Waals surface area contributed by atoms with Crippen LogP contribution < -0.4 is 10.1 Å². The van der Waals surface area contributed by atoms with Crippen molar-refractivity contribution in [2.75, 3.05) is 6.61 Å². The second-order valence-corrected chi connectivity index (χ2v) is 9.52. The number of tetrazole rings is 1. The third-order valence-electron chi connectivity index (χ3n) is 6.17. The van der Waals surface area contributed by atoms with Gasteiger partial charge in [-0.1, -0.05) is 41.4 Å². The normalized spacial score (nSPS) is 13.6. The minimum Gasteiger partial charge on any atom is -0.478 e. The topological polar surface area (TPSA) is 117 Å². The smallest absolute Gasteiger partial charge is 0.244 e. The predicted molar refractivity (Wildman–Crippen MR) is 141 cm³/mol. The number of carbonyl (C=O) groups is 2. The molecule has 2 aromatic heterocycles. The number of fused-ring (bicyclic) bond motifs is 1. The summed E-state index contributed by atoms with van der Waals surface area (Å²) in [5.41, 5.74) is 3.97. The van der Waals surface area contributed by atoms with Crippen LogP contribution in [-0.4, -0.2) is 54.3 Å². The van der Waals surface area contributed by atoms with E-state index in [1.807, 2.05) is 37.3 Å². The summed E-state index contributed by atoms with van der Waals surface area (Å²) in [4.78, 5) is 26.4. The van der Waals surface area contributed by atoms with Gasteiger partial charge >= 0.3 is 0 Å². The maximum atomic E-state index is 13.4. The minimum absolute atomic E-state index is 0.111. The van der Waals surface area contributed by atoms with Gasteiger partial charge in [0.15, 0.2) is 5.78 Å². The van der Waals surface area contributed by atoms with Crippen molar-refractivity contribution in [3.63, 3.8) is 0 Å². The van der Waals surface area contributed by atoms with E-state index >= 15 is 0 Å². The van der Waals surface area contributed by atoms with Crippen LogP contribution in [0.1, 0.15) is 28.8 Å². The molecule has 4 aromatic rings. The highest BCUT2D eigenvalue weighted by molar-refractivity contribution is 6.30. The molecule has 1 aliphatic heterocycles. The van der Waals surface area contributed by atoms with Gasteiger partial charge in [0.05, 0.1) is 24.0 Å². The number of nitrogens with one attached hydrogen (secondary N) is 1. The third-order valence-corrected chi connectivity index (χ3v) is 6.41. The SMILES string of the molecule is Cc1ccc(CC(=O)[C@H](Cc2cc3n(n2)CCCO3)NC(=O)/C=C/c2cc(Cl)ccc2-n2cnnn2)cc1. The molecule has 194 valence electrons. The van der Waals surface area contributed by atoms with E-state index in [0.717, 1.165) is 24.1 Å². The van der Waals surface area contributed by atoms with Crippen molar-refractivity contribution in [1.29, 1.82) is 0 Å². The van der Waals surface area contributed by atoms with E-state index in [1.54, 1.807) is 29.0 Å². The zero-order valence-electron chi connectivity index (χ0n) is 20.7. The van der Waals surface area contributed by atoms with Crippen LogP contribution in [0, 0.1) is 6.92 Å². The molecule has 10 nitrogen and oxygen atoms in total. The lowest BCUT2D eigenvalue weighted by atomic mass is 9.99. The Morgan fingerprint density at radius 2 is 2.03 bits per heavy atom. The first kappa shape index (κ1) is 25.3. The quantitative estimate of drug-likeness (QED) is 0.330. The lowest BCUT2D eigenvalue weighted by Crippen LogP contribution is -2.42. The summed E-state index contributed by atoms with van der Waals surface area (Å²) < 4.78 is 8.93. The van der Waals surface area contributed by atoms with Gasteiger partial charge in [-0.05, 0) is 47.2 Å². The van der Waals surface area contributed by atoms with E-state index in [-0.39, 0.29) is 18.6 Å². The van der Waals surface area contributed by atoms with E-state index in [1.165, 1.54) is 17.1 Å². The zero-order chi connectivity index (χ0) is 26.5. The van der Waals surface area contributed by atoms with Crippen molar-refractivity contribution in [3.05, 3.63) is 88.3 Å². The molecule has 0 bridgehead atoms. The van der Waals surface area contributed by atoms with Gasteiger partial charge in [-0.3, -0.25) is 9.59 Å². The van der Waals surface area contributed by atoms with Crippen LogP contribution in [0.15, 0.2) is 60.9 Å². The number of aromatic nitrogens is 6. The molecule has 1 aliphatic rings. The second-order valence-electron chi connectivity index (χ2n) is 9.08. The number of ketones is 1. The Balaban J connectivity index is 1.35. The van der Waals surface area contributed by atoms with Crippen LogP contribution in [0.25, 0.3) is 11.8 Å². The molecule has 0 unspecified atom stereocenters. The lowest BCUT2D eigenvalue weighted by Gasteiger charge is -2.16. The predicted octanol–water partition coefficient (Wildman–Crippen LogP) is 3.16. The van der Waals surface area contributed by atoms with E-state index < -0.39 is 11.9 Å². The molecule has 0 saturated carbocycles. The number of aryl methyl sites for hydroxylation is 2. The number of nitrogens with zero attached hydrogens (tertiary/aromatic N) is 6. The standard InChI is InChI=1S/C27H26ClN7O3/c1-18-3-5-19(6-4-18)13-25(36)23(15-22-16-27-34(31-22)11-2-12-38-27)30-26(37)10-7-20-14-21(28)8-9-24(20)35-17-29-32-33-35/h3-10,14,16-17,23H,2,11-13,15H2,1H3,(H,30,37)/b10-7+/t23-/m0/s1. The summed E-state index contributed by atoms with van der Waals surface area (Å²) in [6, 6.07) is 14.0. The number of hydrogen-bond acceptors (Lipinski definition) is 7. The van der Waals surface area contributed by atoms with Gasteiger partial charge < -0.3 is 10.1 Å². The van der Waals surface area contributed by atoms with Crippen LogP contribution in [0.5, 0.6) is 5.88 Å². The van der Waals surface area contributed by atoms with Crippen molar-refractivity contribution in [2.24, 2.45) is 0 Å². The number of hydrogen-bond donors (Lipinski definition) is 1. The number of Topliss-reactive ketones (excluding diaryl/α,β-unsaturated/α-hetero) is 1. The Hall–Kier alpha value is -4.31. The summed E-state index contributed by atoms with van der Waals surface area (Å²) in [7, 11) is 0. The first-order valence-corrected chi connectivity index (χ1v) is 12.6. The Morgan fingerprint density at radius 1 is 1.18 bits per heavy atom. The molecule has 0 fully saturated rings. The zero-order valence-corrected chi connectivity index (χ0v) is 21.5. The van der Waals surface area contributed by atoms with Crippen LogP contribution in [0.4, 0.5) is 0 Å². The number of amides is 1. The molecule has 5 rings (SSSR count). The molecule has 38 heavy (non-hydrogen) atoms. The molecular weight excluding hydrogens is 506 g/mol. The van der Waals surface area contributed by atoms with Gasteiger partial charge in [0.25, 0.3) is 0 Å². The van der Waals surface area contributed by atoms with E-state index in [4.69, 9.17) is 16.3 Å². The number of ether oxygens (including phenoxy) is 1. The van der Waals surface area contributed by atoms with Crippen LogP contribution in [0.2, 0.25) is 5.02 Å². The summed E-state index contributed by atoms with van der Waals surface area (Å²) in [6.45, 7) is 3.39. The molecule has 0 radical (unpaired) electrons. The fourth-order valence-electron chi connectivity index (χ4n) is 4.23. The van der Waals surface area contributed by atoms with Gasteiger partial charge in [-0.15, -0.1) is 5.10 Å². The molecule has 0 saturated heterocycles. The summed E-state index contributed by atoms with van der Waals surface area (Å²) in [5, 5.41) is 19.2. The largest absolute Gasteiger partial charge is 0.478 e. The number of halogens is 1. The summed E-state index contributed by atoms with van der Waals surface area (Å²) >= 11 is 6.18. The summed E-state index contributed by atoms with van der Waals surface area (Å²) in [6.07, 6.45) is 5.75. The molecule has 11 heteroatoms. The van der Waals surface area contributed by atoms with E-state index in [0.29, 0.717) is 34.5 Å². The average molecular weight is 532 g/mol. The highest BCUT2D eigenvalue weighted by Crippen LogP contribution is 2.21. The maximum Gasteiger partial charge on any atom is 0.244 e. The maximum absolute atomic E-state index is 13.4. The highest BCUT2D eigenvalue weighted by Gasteiger charge is 2.24. The third kappa shape index (κ3) is 6.15. The van der Waals surface area contributed by atoms with E-state index in [2.05, 4.69) is 25.9 Å². The van der Waals surface area contributed by atoms with Gasteiger partial charge in [0.1, 0.15) is 6.33 Å². The second kappa shape index (κ2) is 11.4. The van der Waals surface area contributed by atoms with Crippen molar-refractivity contribution in [3.8, 4) is 11.6 Å². The monoisotopic (exact) mass is 531 g/mol. The first-order valence-electron chi connectivity index (χ1n) is 12.2. The van der Waals surface area contributed by atoms with Crippen LogP contribution >= 0.6 is 11.6 Å². The Bertz CT molecular complexity index is 1440. The Kier molecular flexibility index (Phi) is 7.60. The lowest BCUT2D eigenvalue weighted by molar-refractivity contribution is -0.125. The molecule has 2 aromatic carbocycles. The molecule has 1 atom stereocenters. The number of carbonyl (C=O) groups excluding carboxylic acids is 2. The molecule has 1 amide bonds. The van der Waals surface area contributed by atoms with Gasteiger partial charge in [0, 0.05) is 48.5 Å². The molecular formula is C27H26ClN7O3. The van der Waals surface area contributed by atoms with Gasteiger partial charge in [-0.2, -0.15) is 9.78 Å². The molecule has 0 aliphatic carbocycles. The van der Waals surface area contributed by atoms with Crippen molar-refractivity contribution >= 4 is 29.4 Å². The first-order chi connectivity index (χ1) is 18.4. The van der Waals surface area contributed by atoms with Crippen molar-refractivity contribution in [2.45, 2.75) is 38.8 Å². The van der Waals surface area contributed by atoms with E-state index in [9.17, 15) is 9.59 Å². The summed E-state index contributed by atoms with van der Waals surface area (Å²) in [5.74, 6) is 0.146. The number of benzene rings is 2. The number of rotatable bonds is 9. The Labute approximate surface area is 224 Å². The van der Waals surface area contributed by atoms with Gasteiger partial charge in [-0.25, -0.2) is 4.68 Å². The minimum atomic E-state index is -0.774. The fourth-order valence-corrected chi connectivity index (χ4v) is 4.41. The average Bonchev–Trinajstić information content (AvgIpc) is 3.58. The molecule has 3 heterocycles. The highest BCUT2D eigenvalue weighted by atomic mass is 35.5. The Morgan fingerprint density at radius 3 is 2.79 bits per heavy atom. The molecule has 1 N–H and O–H groups in total. The van der Waals surface area contributed by atoms with Crippen molar-refractivity contribution in [1.82, 2.24) is 35.3 Å². The fraction of sp³-hybridized carbons (Fsp3) is 0.259. The van der Waals surface area contributed by atoms with Crippen molar-refractivity contribution < 1.29 is 14.3 Å². The molecule has 0 spiro atoms.